The molecule has 1 rings (SSSR count). The van der Waals surface area contributed by atoms with E-state index in [4.69, 9.17) is 0 Å². The zero-order chi connectivity index (χ0) is 9.82. The zero-order valence-corrected chi connectivity index (χ0v) is 9.25. The van der Waals surface area contributed by atoms with Crippen LogP contribution in [0.1, 0.15) is 27.7 Å². The van der Waals surface area contributed by atoms with Crippen molar-refractivity contribution in [3.05, 3.63) is 0 Å². The van der Waals surface area contributed by atoms with Gasteiger partial charge in [0, 0.05) is 12.3 Å². The summed E-state index contributed by atoms with van der Waals surface area (Å²) in [5.41, 5.74) is 5.31. The number of hydrogen-bond donors (Lipinski definition) is 2. The molecule has 0 unspecified atom stereocenters. The lowest BCUT2D eigenvalue weighted by molar-refractivity contribution is -0.119. The summed E-state index contributed by atoms with van der Waals surface area (Å²) in [6.45, 7) is 8.87. The number of amides is 1. The summed E-state index contributed by atoms with van der Waals surface area (Å²) in [6.07, 6.45) is 0. The molecule has 12 heavy (non-hydrogen) atoms. The van der Waals surface area contributed by atoms with Crippen molar-refractivity contribution < 1.29 is 4.79 Å². The molecule has 0 aromatic carbocycles. The summed E-state index contributed by atoms with van der Waals surface area (Å²) >= 11 is 1.65. The van der Waals surface area contributed by atoms with Crippen molar-refractivity contribution in [1.82, 2.24) is 10.9 Å². The van der Waals surface area contributed by atoms with Gasteiger partial charge in [-0.05, 0) is 0 Å². The normalized spacial score (nSPS) is 15.5. The minimum atomic E-state index is 0.0764. The molecule has 2 N–H and O–H groups in total. The third-order valence-corrected chi connectivity index (χ3v) is 1.79. The maximum atomic E-state index is 10.5. The van der Waals surface area contributed by atoms with Crippen molar-refractivity contribution in [2.75, 3.05) is 18.1 Å². The summed E-state index contributed by atoms with van der Waals surface area (Å²) < 4.78 is 0. The summed E-state index contributed by atoms with van der Waals surface area (Å²) in [5, 5.41) is 0. The van der Waals surface area contributed by atoms with Crippen LogP contribution in [-0.4, -0.2) is 24.0 Å². The molecule has 0 bridgehead atoms. The standard InChI is InChI=1S/C4H8N2OS.2C2H6/c7-4-3-8-2-1-5-6-4;2*1-2/h5H,1-3H2,(H,6,7);2*1-2H3. The van der Waals surface area contributed by atoms with Crippen LogP contribution in [0.3, 0.4) is 0 Å². The first-order valence-corrected chi connectivity index (χ1v) is 5.64. The number of thioether (sulfide) groups is 1. The van der Waals surface area contributed by atoms with Gasteiger partial charge in [0.25, 0.3) is 0 Å². The summed E-state index contributed by atoms with van der Waals surface area (Å²) in [5.74, 6) is 1.68. The molecular formula is C8H20N2OS. The van der Waals surface area contributed by atoms with Gasteiger partial charge in [-0.25, -0.2) is 5.43 Å². The highest BCUT2D eigenvalue weighted by atomic mass is 32.2. The molecule has 0 aromatic heterocycles. The van der Waals surface area contributed by atoms with Crippen molar-refractivity contribution in [1.29, 1.82) is 0 Å². The van der Waals surface area contributed by atoms with Crippen LogP contribution in [-0.2, 0) is 4.79 Å². The first-order chi connectivity index (χ1) is 5.89. The molecule has 0 aromatic rings. The minimum absolute atomic E-state index is 0.0764. The van der Waals surface area contributed by atoms with Crippen LogP contribution < -0.4 is 10.9 Å². The van der Waals surface area contributed by atoms with Crippen molar-refractivity contribution in [2.45, 2.75) is 27.7 Å². The maximum Gasteiger partial charge on any atom is 0.244 e. The lowest BCUT2D eigenvalue weighted by atomic mass is 10.7. The van der Waals surface area contributed by atoms with Crippen LogP contribution in [0, 0.1) is 0 Å². The highest BCUT2D eigenvalue weighted by Crippen LogP contribution is 1.98. The van der Waals surface area contributed by atoms with Gasteiger partial charge in [-0.15, -0.1) is 0 Å². The molecule has 1 fully saturated rings. The fraction of sp³-hybridized carbons (Fsp3) is 0.875. The molecule has 1 aliphatic heterocycles. The van der Waals surface area contributed by atoms with Crippen molar-refractivity contribution >= 4 is 17.7 Å². The van der Waals surface area contributed by atoms with E-state index in [9.17, 15) is 4.79 Å². The van der Waals surface area contributed by atoms with E-state index in [0.29, 0.717) is 5.75 Å². The molecule has 3 nitrogen and oxygen atoms in total. The van der Waals surface area contributed by atoms with Crippen LogP contribution in [0.2, 0.25) is 0 Å². The topological polar surface area (TPSA) is 41.1 Å². The van der Waals surface area contributed by atoms with Gasteiger partial charge in [0.2, 0.25) is 5.91 Å². The molecule has 0 aliphatic carbocycles. The number of carbonyl (C=O) groups excluding carboxylic acids is 1. The molecule has 1 aliphatic rings. The van der Waals surface area contributed by atoms with E-state index in [2.05, 4.69) is 10.9 Å². The first-order valence-electron chi connectivity index (χ1n) is 4.49. The Morgan fingerprint density at radius 3 is 2.42 bits per heavy atom. The second kappa shape index (κ2) is 13.4. The third kappa shape index (κ3) is 9.78. The van der Waals surface area contributed by atoms with Gasteiger partial charge in [0.05, 0.1) is 5.75 Å². The van der Waals surface area contributed by atoms with Crippen LogP contribution in [0.4, 0.5) is 0 Å². The van der Waals surface area contributed by atoms with Crippen molar-refractivity contribution in [3.63, 3.8) is 0 Å². The van der Waals surface area contributed by atoms with E-state index < -0.39 is 0 Å². The summed E-state index contributed by atoms with van der Waals surface area (Å²) in [4.78, 5) is 10.5. The van der Waals surface area contributed by atoms with Gasteiger partial charge in [-0.1, -0.05) is 27.7 Å². The molecule has 1 amide bonds. The molecule has 1 saturated heterocycles. The van der Waals surface area contributed by atoms with Gasteiger partial charge in [0.15, 0.2) is 0 Å². The molecular weight excluding hydrogens is 172 g/mol. The Hall–Kier alpha value is -0.220. The maximum absolute atomic E-state index is 10.5. The van der Waals surface area contributed by atoms with Crippen LogP contribution in [0.15, 0.2) is 0 Å². The van der Waals surface area contributed by atoms with E-state index in [1.807, 2.05) is 27.7 Å². The smallest absolute Gasteiger partial charge is 0.244 e. The average molecular weight is 192 g/mol. The van der Waals surface area contributed by atoms with E-state index in [1.54, 1.807) is 11.8 Å². The fourth-order valence-corrected chi connectivity index (χ4v) is 1.13. The average Bonchev–Trinajstić information content (AvgIpc) is 2.40. The van der Waals surface area contributed by atoms with E-state index >= 15 is 0 Å². The second-order valence-corrected chi connectivity index (χ2v) is 2.63. The second-order valence-electron chi connectivity index (χ2n) is 1.53. The highest BCUT2D eigenvalue weighted by Gasteiger charge is 2.03. The lowest BCUT2D eigenvalue weighted by Crippen LogP contribution is -2.36. The Morgan fingerprint density at radius 1 is 1.25 bits per heavy atom. The first kappa shape index (κ1) is 14.3. The number of hydrogen-bond acceptors (Lipinski definition) is 3. The van der Waals surface area contributed by atoms with Crippen molar-refractivity contribution in [3.8, 4) is 0 Å². The molecule has 4 heteroatoms. The van der Waals surface area contributed by atoms with E-state index in [-0.39, 0.29) is 5.91 Å². The van der Waals surface area contributed by atoms with Crippen LogP contribution in [0.25, 0.3) is 0 Å². The lowest BCUT2D eigenvalue weighted by Gasteiger charge is -1.96. The van der Waals surface area contributed by atoms with Gasteiger partial charge in [0.1, 0.15) is 0 Å². The molecule has 0 atom stereocenters. The Labute approximate surface area is 79.7 Å². The number of hydrazine groups is 1. The number of rotatable bonds is 0. The predicted octanol–water partition coefficient (Wildman–Crippen LogP) is 1.41. The fourth-order valence-electron chi connectivity index (χ4n) is 0.485. The van der Waals surface area contributed by atoms with Gasteiger partial charge in [-0.2, -0.15) is 11.8 Å². The Bertz CT molecular complexity index is 89.1. The number of carbonyl (C=O) groups is 1. The summed E-state index contributed by atoms with van der Waals surface area (Å²) in [7, 11) is 0. The van der Waals surface area contributed by atoms with E-state index in [0.717, 1.165) is 12.3 Å². The Morgan fingerprint density at radius 2 is 1.83 bits per heavy atom. The van der Waals surface area contributed by atoms with Crippen LogP contribution in [0.5, 0.6) is 0 Å². The molecule has 0 saturated carbocycles. The Balaban J connectivity index is 0. The monoisotopic (exact) mass is 192 g/mol. The largest absolute Gasteiger partial charge is 0.291 e. The minimum Gasteiger partial charge on any atom is -0.291 e. The third-order valence-electron chi connectivity index (χ3n) is 0.832. The van der Waals surface area contributed by atoms with Crippen molar-refractivity contribution in [2.24, 2.45) is 0 Å². The molecule has 0 radical (unpaired) electrons. The zero-order valence-electron chi connectivity index (χ0n) is 8.44. The highest BCUT2D eigenvalue weighted by molar-refractivity contribution is 7.99. The number of nitrogens with one attached hydrogen (secondary N) is 2. The SMILES string of the molecule is CC.CC.O=C1CSCCNN1. The van der Waals surface area contributed by atoms with Gasteiger partial charge < -0.3 is 0 Å². The Kier molecular flexibility index (Phi) is 16.0. The van der Waals surface area contributed by atoms with E-state index in [1.165, 1.54) is 0 Å². The molecule has 0 spiro atoms. The molecule has 74 valence electrons. The quantitative estimate of drug-likeness (QED) is 0.609. The summed E-state index contributed by atoms with van der Waals surface area (Å²) in [6, 6.07) is 0. The molecule has 1 heterocycles. The van der Waals surface area contributed by atoms with Gasteiger partial charge >= 0.3 is 0 Å². The van der Waals surface area contributed by atoms with Gasteiger partial charge in [-0.3, -0.25) is 10.2 Å². The predicted molar refractivity (Wildman–Crippen MR) is 56.2 cm³/mol. The van der Waals surface area contributed by atoms with Crippen LogP contribution >= 0.6 is 11.8 Å².